The Morgan fingerprint density at radius 2 is 1.78 bits per heavy atom. The van der Waals surface area contributed by atoms with Crippen molar-refractivity contribution in [1.29, 1.82) is 0 Å². The predicted molar refractivity (Wildman–Crippen MR) is 72.4 cm³/mol. The topological polar surface area (TPSA) is 43.4 Å². The minimum Gasteiger partial charge on any atom is -0.463 e. The summed E-state index contributed by atoms with van der Waals surface area (Å²) in [5.74, 6) is -1.34. The van der Waals surface area contributed by atoms with Crippen molar-refractivity contribution in [2.75, 3.05) is 7.11 Å². The van der Waals surface area contributed by atoms with Gasteiger partial charge < -0.3 is 4.74 Å². The maximum atomic E-state index is 11.6. The largest absolute Gasteiger partial charge is 0.463 e. The molecule has 0 aliphatic heterocycles. The standard InChI is InChI=1S/C14H11BrO3/c1-18-14(17)13(16)8-9-6-7-12(15)11-5-3-2-4-10(9)11/h2-7H,8H2,1H3. The van der Waals surface area contributed by atoms with Crippen molar-refractivity contribution in [1.82, 2.24) is 0 Å². The first kappa shape index (κ1) is 12.8. The van der Waals surface area contributed by atoms with E-state index in [0.29, 0.717) is 0 Å². The summed E-state index contributed by atoms with van der Waals surface area (Å²) in [6.07, 6.45) is 0.0560. The summed E-state index contributed by atoms with van der Waals surface area (Å²) in [7, 11) is 1.21. The van der Waals surface area contributed by atoms with Crippen molar-refractivity contribution in [3.63, 3.8) is 0 Å². The predicted octanol–water partition coefficient (Wildman–Crippen LogP) is 2.89. The Morgan fingerprint density at radius 3 is 2.44 bits per heavy atom. The molecule has 0 radical (unpaired) electrons. The van der Waals surface area contributed by atoms with Crippen molar-refractivity contribution in [3.8, 4) is 0 Å². The number of Topliss-reactive ketones (excluding diaryl/α,β-unsaturated/α-hetero) is 1. The lowest BCUT2D eigenvalue weighted by Gasteiger charge is -2.07. The van der Waals surface area contributed by atoms with Crippen molar-refractivity contribution < 1.29 is 14.3 Å². The fourth-order valence-corrected chi connectivity index (χ4v) is 2.32. The molecule has 0 atom stereocenters. The van der Waals surface area contributed by atoms with Crippen LogP contribution in [0.5, 0.6) is 0 Å². The van der Waals surface area contributed by atoms with Gasteiger partial charge in [-0.05, 0) is 22.4 Å². The molecule has 0 aliphatic rings. The highest BCUT2D eigenvalue weighted by Gasteiger charge is 2.16. The molecule has 2 aromatic rings. The fraction of sp³-hybridized carbons (Fsp3) is 0.143. The zero-order valence-electron chi connectivity index (χ0n) is 9.77. The third kappa shape index (κ3) is 2.43. The van der Waals surface area contributed by atoms with E-state index in [-0.39, 0.29) is 6.42 Å². The van der Waals surface area contributed by atoms with E-state index in [9.17, 15) is 9.59 Å². The zero-order chi connectivity index (χ0) is 13.1. The van der Waals surface area contributed by atoms with Gasteiger partial charge in [-0.2, -0.15) is 0 Å². The third-order valence-electron chi connectivity index (χ3n) is 2.73. The maximum absolute atomic E-state index is 11.6. The number of ketones is 1. The number of hydrogen-bond donors (Lipinski definition) is 0. The molecule has 2 aromatic carbocycles. The van der Waals surface area contributed by atoms with E-state index < -0.39 is 11.8 Å². The van der Waals surface area contributed by atoms with Crippen LogP contribution < -0.4 is 0 Å². The highest BCUT2D eigenvalue weighted by Crippen LogP contribution is 2.27. The van der Waals surface area contributed by atoms with E-state index in [0.717, 1.165) is 20.8 Å². The smallest absolute Gasteiger partial charge is 0.374 e. The molecule has 0 amide bonds. The van der Waals surface area contributed by atoms with E-state index in [1.807, 2.05) is 36.4 Å². The van der Waals surface area contributed by atoms with Gasteiger partial charge in [0.1, 0.15) is 0 Å². The molecule has 4 heteroatoms. The lowest BCUT2D eigenvalue weighted by atomic mass is 10.0. The van der Waals surface area contributed by atoms with Gasteiger partial charge in [0, 0.05) is 10.9 Å². The van der Waals surface area contributed by atoms with Crippen LogP contribution in [0.1, 0.15) is 5.56 Å². The van der Waals surface area contributed by atoms with E-state index >= 15 is 0 Å². The minimum absolute atomic E-state index is 0.0560. The second-order valence-electron chi connectivity index (χ2n) is 3.84. The third-order valence-corrected chi connectivity index (χ3v) is 3.42. The molecule has 18 heavy (non-hydrogen) atoms. The second-order valence-corrected chi connectivity index (χ2v) is 4.70. The summed E-state index contributed by atoms with van der Waals surface area (Å²) >= 11 is 3.46. The summed E-state index contributed by atoms with van der Waals surface area (Å²) in [4.78, 5) is 22.7. The molecular weight excluding hydrogens is 296 g/mol. The van der Waals surface area contributed by atoms with Gasteiger partial charge in [-0.25, -0.2) is 4.79 Å². The van der Waals surface area contributed by atoms with E-state index in [2.05, 4.69) is 20.7 Å². The lowest BCUT2D eigenvalue weighted by Crippen LogP contribution is -2.17. The molecule has 0 fully saturated rings. The maximum Gasteiger partial charge on any atom is 0.374 e. The molecule has 0 bridgehead atoms. The van der Waals surface area contributed by atoms with Gasteiger partial charge in [-0.1, -0.05) is 46.3 Å². The van der Waals surface area contributed by atoms with Crippen molar-refractivity contribution in [2.45, 2.75) is 6.42 Å². The van der Waals surface area contributed by atoms with Crippen LogP contribution in [-0.4, -0.2) is 18.9 Å². The van der Waals surface area contributed by atoms with Crippen LogP contribution in [0.4, 0.5) is 0 Å². The molecule has 0 saturated heterocycles. The molecule has 0 aliphatic carbocycles. The first-order chi connectivity index (χ1) is 8.63. The number of ether oxygens (including phenoxy) is 1. The van der Waals surface area contributed by atoms with E-state index in [4.69, 9.17) is 0 Å². The van der Waals surface area contributed by atoms with E-state index in [1.54, 1.807) is 0 Å². The Balaban J connectivity index is 2.43. The van der Waals surface area contributed by atoms with Gasteiger partial charge in [-0.15, -0.1) is 0 Å². The van der Waals surface area contributed by atoms with Crippen molar-refractivity contribution in [3.05, 3.63) is 46.4 Å². The number of carbonyl (C=O) groups excluding carboxylic acids is 2. The average Bonchev–Trinajstić information content (AvgIpc) is 2.41. The molecule has 0 N–H and O–H groups in total. The van der Waals surface area contributed by atoms with Crippen LogP contribution in [0.3, 0.4) is 0 Å². The van der Waals surface area contributed by atoms with Gasteiger partial charge in [0.2, 0.25) is 5.78 Å². The average molecular weight is 307 g/mol. The van der Waals surface area contributed by atoms with Gasteiger partial charge >= 0.3 is 5.97 Å². The molecule has 3 nitrogen and oxygen atoms in total. The Morgan fingerprint density at radius 1 is 1.11 bits per heavy atom. The van der Waals surface area contributed by atoms with Gasteiger partial charge in [0.15, 0.2) is 0 Å². The van der Waals surface area contributed by atoms with Gasteiger partial charge in [0.25, 0.3) is 0 Å². The number of halogens is 1. The summed E-state index contributed by atoms with van der Waals surface area (Å²) in [5.41, 5.74) is 0.823. The lowest BCUT2D eigenvalue weighted by molar-refractivity contribution is -0.151. The Kier molecular flexibility index (Phi) is 3.77. The molecule has 2 rings (SSSR count). The highest BCUT2D eigenvalue weighted by atomic mass is 79.9. The van der Waals surface area contributed by atoms with Gasteiger partial charge in [0.05, 0.1) is 7.11 Å². The van der Waals surface area contributed by atoms with Crippen LogP contribution in [0.2, 0.25) is 0 Å². The molecule has 0 unspecified atom stereocenters. The SMILES string of the molecule is COC(=O)C(=O)Cc1ccc(Br)c2ccccc12. The molecule has 0 saturated carbocycles. The number of fused-ring (bicyclic) bond motifs is 1. The molecule has 0 spiro atoms. The molecule has 92 valence electrons. The summed E-state index contributed by atoms with van der Waals surface area (Å²) in [6.45, 7) is 0. The van der Waals surface area contributed by atoms with Crippen LogP contribution in [0, 0.1) is 0 Å². The van der Waals surface area contributed by atoms with Crippen LogP contribution in [0.25, 0.3) is 10.8 Å². The second kappa shape index (κ2) is 5.31. The normalized spacial score (nSPS) is 10.3. The number of methoxy groups -OCH3 is 1. The molecule has 0 aromatic heterocycles. The quantitative estimate of drug-likeness (QED) is 0.647. The fourth-order valence-electron chi connectivity index (χ4n) is 1.84. The number of carbonyl (C=O) groups is 2. The van der Waals surface area contributed by atoms with E-state index in [1.165, 1.54) is 7.11 Å². The van der Waals surface area contributed by atoms with Crippen molar-refractivity contribution in [2.24, 2.45) is 0 Å². The van der Waals surface area contributed by atoms with Crippen LogP contribution in [0.15, 0.2) is 40.9 Å². The van der Waals surface area contributed by atoms with Crippen LogP contribution >= 0.6 is 15.9 Å². The van der Waals surface area contributed by atoms with Crippen molar-refractivity contribution >= 4 is 38.5 Å². The summed E-state index contributed by atoms with van der Waals surface area (Å²) in [6, 6.07) is 11.4. The number of benzene rings is 2. The van der Waals surface area contributed by atoms with Crippen LogP contribution in [-0.2, 0) is 20.7 Å². The minimum atomic E-state index is -0.804. The Labute approximate surface area is 113 Å². The first-order valence-electron chi connectivity index (χ1n) is 5.40. The summed E-state index contributed by atoms with van der Waals surface area (Å²) in [5, 5.41) is 1.98. The summed E-state index contributed by atoms with van der Waals surface area (Å²) < 4.78 is 5.39. The monoisotopic (exact) mass is 306 g/mol. The Bertz CT molecular complexity index is 619. The molecule has 0 heterocycles. The highest BCUT2D eigenvalue weighted by molar-refractivity contribution is 9.10. The Hall–Kier alpha value is -1.68. The number of esters is 1. The molecular formula is C14H11BrO3. The van der Waals surface area contributed by atoms with Gasteiger partial charge in [-0.3, -0.25) is 4.79 Å². The number of rotatable bonds is 3. The first-order valence-corrected chi connectivity index (χ1v) is 6.20. The number of hydrogen-bond acceptors (Lipinski definition) is 3. The zero-order valence-corrected chi connectivity index (χ0v) is 11.4.